The number of fused-ring (bicyclic) bond motifs is 1. The van der Waals surface area contributed by atoms with Crippen LogP contribution >= 0.6 is 11.3 Å². The average molecular weight is 294 g/mol. The minimum Gasteiger partial charge on any atom is -0.480 e. The molecule has 1 aromatic rings. The number of likely N-dealkylation sites (tertiary alicyclic amines) is 1. The number of aryl methyl sites for hydroxylation is 1. The van der Waals surface area contributed by atoms with Crippen molar-refractivity contribution in [3.63, 3.8) is 0 Å². The topological polar surface area (TPSA) is 53.4 Å². The molecule has 1 aliphatic heterocycles. The summed E-state index contributed by atoms with van der Waals surface area (Å²) in [5, 5.41) is 12.6. The maximum absolute atomic E-state index is 11.6. The summed E-state index contributed by atoms with van der Waals surface area (Å²) < 4.78 is 0. The van der Waals surface area contributed by atoms with E-state index in [9.17, 15) is 9.90 Å². The molecule has 20 heavy (non-hydrogen) atoms. The van der Waals surface area contributed by atoms with E-state index in [2.05, 4.69) is 9.88 Å². The maximum Gasteiger partial charge on any atom is 0.320 e. The summed E-state index contributed by atoms with van der Waals surface area (Å²) in [5.41, 5.74) is 1.04. The van der Waals surface area contributed by atoms with E-state index < -0.39 is 5.97 Å². The van der Waals surface area contributed by atoms with E-state index in [0.29, 0.717) is 18.5 Å². The highest BCUT2D eigenvalue weighted by Gasteiger charge is 2.41. The second kappa shape index (κ2) is 5.82. The predicted octanol–water partition coefficient (Wildman–Crippen LogP) is 3.06. The van der Waals surface area contributed by atoms with E-state index in [-0.39, 0.29) is 6.04 Å². The third kappa shape index (κ3) is 2.74. The molecule has 2 heterocycles. The number of carboxylic acid groups (broad SMARTS) is 1. The number of thiazole rings is 1. The highest BCUT2D eigenvalue weighted by molar-refractivity contribution is 7.09. The fourth-order valence-corrected chi connectivity index (χ4v) is 4.63. The van der Waals surface area contributed by atoms with Crippen LogP contribution in [0.5, 0.6) is 0 Å². The first-order valence-electron chi connectivity index (χ1n) is 7.54. The van der Waals surface area contributed by atoms with Crippen molar-refractivity contribution < 1.29 is 9.90 Å². The van der Waals surface area contributed by atoms with Crippen molar-refractivity contribution in [2.24, 2.45) is 5.92 Å². The van der Waals surface area contributed by atoms with Crippen molar-refractivity contribution in [1.29, 1.82) is 0 Å². The lowest BCUT2D eigenvalue weighted by Gasteiger charge is -2.46. The van der Waals surface area contributed by atoms with Gasteiger partial charge < -0.3 is 5.11 Å². The lowest BCUT2D eigenvalue weighted by Crippen LogP contribution is -2.54. The summed E-state index contributed by atoms with van der Waals surface area (Å²) in [5.74, 6) is 0.0303. The van der Waals surface area contributed by atoms with Crippen molar-refractivity contribution in [1.82, 2.24) is 9.88 Å². The maximum atomic E-state index is 11.6. The Bertz CT molecular complexity index is 488. The first-order valence-corrected chi connectivity index (χ1v) is 8.42. The first-order chi connectivity index (χ1) is 9.65. The second-order valence-corrected chi connectivity index (χ2v) is 7.04. The van der Waals surface area contributed by atoms with Crippen LogP contribution in [-0.4, -0.2) is 33.0 Å². The van der Waals surface area contributed by atoms with Crippen LogP contribution < -0.4 is 0 Å². The molecule has 1 aliphatic carbocycles. The third-order valence-electron chi connectivity index (χ3n) is 4.78. The number of hydrogen-bond acceptors (Lipinski definition) is 4. The number of aliphatic carboxylic acids is 1. The summed E-state index contributed by atoms with van der Waals surface area (Å²) in [4.78, 5) is 18.3. The molecule has 5 heteroatoms. The molecule has 110 valence electrons. The molecule has 2 aliphatic rings. The van der Waals surface area contributed by atoms with Crippen LogP contribution in [0.3, 0.4) is 0 Å². The average Bonchev–Trinajstić information content (AvgIpc) is 2.84. The molecule has 3 rings (SSSR count). The van der Waals surface area contributed by atoms with Gasteiger partial charge in [0.25, 0.3) is 0 Å². The molecular formula is C15H22N2O2S. The number of aromatic nitrogens is 1. The molecule has 2 fully saturated rings. The smallest absolute Gasteiger partial charge is 0.320 e. The molecule has 1 saturated heterocycles. The van der Waals surface area contributed by atoms with Gasteiger partial charge in [0, 0.05) is 17.1 Å². The summed E-state index contributed by atoms with van der Waals surface area (Å²) in [6, 6.07) is 0.126. The summed E-state index contributed by atoms with van der Waals surface area (Å²) >= 11 is 1.65. The Morgan fingerprint density at radius 3 is 2.90 bits per heavy atom. The SMILES string of the molecule is Cc1csc(CN2C(C(=O)O)CCC3CCCCC32)n1. The van der Waals surface area contributed by atoms with Crippen molar-refractivity contribution >= 4 is 17.3 Å². The molecule has 0 aromatic carbocycles. The van der Waals surface area contributed by atoms with E-state index >= 15 is 0 Å². The number of hydrogen-bond donors (Lipinski definition) is 1. The van der Waals surface area contributed by atoms with E-state index in [0.717, 1.165) is 30.0 Å². The normalized spacial score (nSPS) is 30.9. The van der Waals surface area contributed by atoms with Gasteiger partial charge in [0.15, 0.2) is 0 Å². The predicted molar refractivity (Wildman–Crippen MR) is 78.8 cm³/mol. The number of piperidine rings is 1. The lowest BCUT2D eigenvalue weighted by molar-refractivity contribution is -0.148. The van der Waals surface area contributed by atoms with Gasteiger partial charge in [-0.05, 0) is 38.5 Å². The van der Waals surface area contributed by atoms with E-state index in [1.54, 1.807) is 11.3 Å². The monoisotopic (exact) mass is 294 g/mol. The minimum absolute atomic E-state index is 0.321. The molecular weight excluding hydrogens is 272 g/mol. The van der Waals surface area contributed by atoms with Crippen molar-refractivity contribution in [2.45, 2.75) is 64.1 Å². The summed E-state index contributed by atoms with van der Waals surface area (Å²) in [7, 11) is 0. The molecule has 4 nitrogen and oxygen atoms in total. The number of carbonyl (C=O) groups is 1. The summed E-state index contributed by atoms with van der Waals surface area (Å²) in [6.45, 7) is 2.70. The zero-order valence-electron chi connectivity index (χ0n) is 11.9. The Kier molecular flexibility index (Phi) is 4.08. The Morgan fingerprint density at radius 2 is 2.20 bits per heavy atom. The quantitative estimate of drug-likeness (QED) is 0.931. The highest BCUT2D eigenvalue weighted by atomic mass is 32.1. The van der Waals surface area contributed by atoms with Gasteiger partial charge in [-0.1, -0.05) is 12.8 Å². The molecule has 0 radical (unpaired) electrons. The van der Waals surface area contributed by atoms with E-state index in [4.69, 9.17) is 0 Å². The van der Waals surface area contributed by atoms with Gasteiger partial charge in [-0.15, -0.1) is 11.3 Å². The van der Waals surface area contributed by atoms with Gasteiger partial charge in [-0.25, -0.2) is 4.98 Å². The summed E-state index contributed by atoms with van der Waals surface area (Å²) in [6.07, 6.45) is 6.84. The van der Waals surface area contributed by atoms with Crippen LogP contribution in [0, 0.1) is 12.8 Å². The number of rotatable bonds is 3. The number of carboxylic acids is 1. The Labute approximate surface area is 123 Å². The zero-order chi connectivity index (χ0) is 14.1. The van der Waals surface area contributed by atoms with Gasteiger partial charge >= 0.3 is 5.97 Å². The molecule has 0 bridgehead atoms. The largest absolute Gasteiger partial charge is 0.480 e. The molecule has 3 atom stereocenters. The van der Waals surface area contributed by atoms with Gasteiger partial charge in [-0.3, -0.25) is 9.69 Å². The van der Waals surface area contributed by atoms with Crippen LogP contribution in [0.15, 0.2) is 5.38 Å². The van der Waals surface area contributed by atoms with Gasteiger partial charge in [0.1, 0.15) is 11.0 Å². The third-order valence-corrected chi connectivity index (χ3v) is 5.73. The Morgan fingerprint density at radius 1 is 1.40 bits per heavy atom. The Hall–Kier alpha value is -0.940. The van der Waals surface area contributed by atoms with Crippen molar-refractivity contribution in [2.75, 3.05) is 0 Å². The van der Waals surface area contributed by atoms with Crippen LogP contribution in [0.1, 0.15) is 49.2 Å². The lowest BCUT2D eigenvalue weighted by atomic mass is 9.76. The standard InChI is InChI=1S/C15H22N2O2S/c1-10-9-20-14(16-10)8-17-12-5-3-2-4-11(12)6-7-13(17)15(18)19/h9,11-13H,2-8H2,1H3,(H,18,19). The van der Waals surface area contributed by atoms with Crippen LogP contribution in [0.2, 0.25) is 0 Å². The van der Waals surface area contributed by atoms with Gasteiger partial charge in [-0.2, -0.15) is 0 Å². The molecule has 1 aromatic heterocycles. The van der Waals surface area contributed by atoms with Gasteiger partial charge in [0.05, 0.1) is 6.54 Å². The van der Waals surface area contributed by atoms with E-state index in [1.807, 2.05) is 12.3 Å². The van der Waals surface area contributed by atoms with Crippen LogP contribution in [0.25, 0.3) is 0 Å². The number of nitrogens with zero attached hydrogens (tertiary/aromatic N) is 2. The molecule has 0 amide bonds. The fourth-order valence-electron chi connectivity index (χ4n) is 3.85. The van der Waals surface area contributed by atoms with Crippen LogP contribution in [0.4, 0.5) is 0 Å². The van der Waals surface area contributed by atoms with E-state index in [1.165, 1.54) is 19.3 Å². The first kappa shape index (κ1) is 14.0. The second-order valence-electron chi connectivity index (χ2n) is 6.10. The van der Waals surface area contributed by atoms with Crippen LogP contribution in [-0.2, 0) is 11.3 Å². The fraction of sp³-hybridized carbons (Fsp3) is 0.733. The zero-order valence-corrected chi connectivity index (χ0v) is 12.7. The molecule has 0 spiro atoms. The molecule has 1 N–H and O–H groups in total. The van der Waals surface area contributed by atoms with Crippen molar-refractivity contribution in [3.05, 3.63) is 16.1 Å². The van der Waals surface area contributed by atoms with Gasteiger partial charge in [0.2, 0.25) is 0 Å². The molecule has 3 unspecified atom stereocenters. The Balaban J connectivity index is 1.81. The van der Waals surface area contributed by atoms with Crippen molar-refractivity contribution in [3.8, 4) is 0 Å². The minimum atomic E-state index is -0.665. The molecule has 1 saturated carbocycles. The highest BCUT2D eigenvalue weighted by Crippen LogP contribution is 2.38.